The number of rotatable bonds is 6. The lowest BCUT2D eigenvalue weighted by Crippen LogP contribution is -2.28. The van der Waals surface area contributed by atoms with Crippen molar-refractivity contribution in [3.05, 3.63) is 27.3 Å². The number of ether oxygens (including phenoxy) is 1. The normalized spacial score (nSPS) is 11.8. The number of nitrogens with one attached hydrogen (secondary N) is 1. The van der Waals surface area contributed by atoms with Crippen LogP contribution in [0.3, 0.4) is 0 Å². The molecular formula is C12H19ClINO2. The molecular weight excluding hydrogens is 352 g/mol. The van der Waals surface area contributed by atoms with Crippen molar-refractivity contribution in [3.63, 3.8) is 0 Å². The van der Waals surface area contributed by atoms with Crippen molar-refractivity contribution in [2.24, 2.45) is 0 Å². The third-order valence-electron chi connectivity index (χ3n) is 2.06. The highest BCUT2D eigenvalue weighted by atomic mass is 127. The Balaban J connectivity index is 0.00000256. The predicted molar refractivity (Wildman–Crippen MR) is 81.2 cm³/mol. The summed E-state index contributed by atoms with van der Waals surface area (Å²) in [5.41, 5.74) is 1.24. The van der Waals surface area contributed by atoms with Crippen LogP contribution in [0.2, 0.25) is 0 Å². The minimum atomic E-state index is -0.306. The molecule has 98 valence electrons. The van der Waals surface area contributed by atoms with Crippen LogP contribution in [0.5, 0.6) is 5.75 Å². The van der Waals surface area contributed by atoms with E-state index in [4.69, 9.17) is 9.84 Å². The second-order valence-electron chi connectivity index (χ2n) is 3.84. The zero-order valence-electron chi connectivity index (χ0n) is 10.1. The Morgan fingerprint density at radius 2 is 2.18 bits per heavy atom. The van der Waals surface area contributed by atoms with Gasteiger partial charge in [-0.05, 0) is 54.1 Å². The summed E-state index contributed by atoms with van der Waals surface area (Å²) in [6.45, 7) is 5.79. The molecule has 0 bridgehead atoms. The zero-order chi connectivity index (χ0) is 12.0. The average Bonchev–Trinajstić information content (AvgIpc) is 2.20. The first-order valence-electron chi connectivity index (χ1n) is 5.37. The van der Waals surface area contributed by atoms with Crippen LogP contribution in [0.25, 0.3) is 0 Å². The number of aliphatic hydroxyl groups is 1. The van der Waals surface area contributed by atoms with Crippen LogP contribution in [0.1, 0.15) is 12.5 Å². The van der Waals surface area contributed by atoms with E-state index in [2.05, 4.69) is 40.9 Å². The molecule has 0 heterocycles. The topological polar surface area (TPSA) is 41.5 Å². The van der Waals surface area contributed by atoms with Crippen LogP contribution in [0, 0.1) is 10.5 Å². The molecule has 0 aliphatic carbocycles. The molecule has 2 N–H and O–H groups in total. The lowest BCUT2D eigenvalue weighted by atomic mass is 10.2. The van der Waals surface area contributed by atoms with Crippen molar-refractivity contribution in [1.29, 1.82) is 0 Å². The first-order chi connectivity index (χ1) is 7.59. The molecule has 0 saturated carbocycles. The smallest absolute Gasteiger partial charge is 0.132 e. The molecule has 1 rings (SSSR count). The van der Waals surface area contributed by atoms with Crippen molar-refractivity contribution in [2.45, 2.75) is 20.0 Å². The summed E-state index contributed by atoms with van der Waals surface area (Å²) >= 11 is 2.27. The van der Waals surface area contributed by atoms with Crippen LogP contribution in [-0.4, -0.2) is 30.9 Å². The second kappa shape index (κ2) is 8.97. The molecule has 17 heavy (non-hydrogen) atoms. The maximum atomic E-state index is 9.04. The summed E-state index contributed by atoms with van der Waals surface area (Å²) in [7, 11) is 0. The number of hydrogen-bond donors (Lipinski definition) is 2. The van der Waals surface area contributed by atoms with Gasteiger partial charge in [0.1, 0.15) is 12.4 Å². The molecule has 0 spiro atoms. The van der Waals surface area contributed by atoms with Gasteiger partial charge in [0.15, 0.2) is 0 Å². The number of halogens is 2. The van der Waals surface area contributed by atoms with Crippen LogP contribution < -0.4 is 10.1 Å². The predicted octanol–water partition coefficient (Wildman–Crippen LogP) is 2.37. The Labute approximate surface area is 122 Å². The highest BCUT2D eigenvalue weighted by molar-refractivity contribution is 14.1. The maximum Gasteiger partial charge on any atom is 0.132 e. The number of benzene rings is 1. The van der Waals surface area contributed by atoms with E-state index in [-0.39, 0.29) is 18.5 Å². The van der Waals surface area contributed by atoms with Gasteiger partial charge in [-0.1, -0.05) is 6.07 Å². The van der Waals surface area contributed by atoms with E-state index in [1.54, 1.807) is 6.92 Å². The van der Waals surface area contributed by atoms with E-state index >= 15 is 0 Å². The number of aliphatic hydroxyl groups excluding tert-OH is 1. The van der Waals surface area contributed by atoms with E-state index in [0.717, 1.165) is 15.9 Å². The van der Waals surface area contributed by atoms with Crippen molar-refractivity contribution < 1.29 is 9.84 Å². The molecule has 0 radical (unpaired) electrons. The number of hydrogen-bond acceptors (Lipinski definition) is 3. The monoisotopic (exact) mass is 371 g/mol. The Bertz CT molecular complexity index is 334. The Kier molecular flexibility index (Phi) is 8.94. The molecule has 3 nitrogen and oxygen atoms in total. The summed E-state index contributed by atoms with van der Waals surface area (Å²) in [5.74, 6) is 0.921. The SMILES string of the molecule is Cc1ccc(OCCNCC(C)O)c(I)c1.Cl. The van der Waals surface area contributed by atoms with Crippen LogP contribution in [-0.2, 0) is 0 Å². The van der Waals surface area contributed by atoms with Gasteiger partial charge in [0.2, 0.25) is 0 Å². The van der Waals surface area contributed by atoms with Crippen LogP contribution in [0.4, 0.5) is 0 Å². The summed E-state index contributed by atoms with van der Waals surface area (Å²) in [6.07, 6.45) is -0.306. The molecule has 0 aromatic heterocycles. The standard InChI is InChI=1S/C12H18INO2.ClH/c1-9-3-4-12(11(13)7-9)16-6-5-14-8-10(2)15;/h3-4,7,10,14-15H,5-6,8H2,1-2H3;1H. The van der Waals surface area contributed by atoms with Crippen molar-refractivity contribution in [3.8, 4) is 5.75 Å². The van der Waals surface area contributed by atoms with Gasteiger partial charge in [0, 0.05) is 13.1 Å². The van der Waals surface area contributed by atoms with Gasteiger partial charge in [0.25, 0.3) is 0 Å². The van der Waals surface area contributed by atoms with E-state index in [1.807, 2.05) is 12.1 Å². The maximum absolute atomic E-state index is 9.04. The minimum Gasteiger partial charge on any atom is -0.491 e. The largest absolute Gasteiger partial charge is 0.491 e. The van der Waals surface area contributed by atoms with Gasteiger partial charge in [-0.2, -0.15) is 0 Å². The van der Waals surface area contributed by atoms with E-state index in [0.29, 0.717) is 13.2 Å². The molecule has 0 aliphatic heterocycles. The Morgan fingerprint density at radius 1 is 1.47 bits per heavy atom. The lowest BCUT2D eigenvalue weighted by molar-refractivity contribution is 0.188. The van der Waals surface area contributed by atoms with Crippen LogP contribution in [0.15, 0.2) is 18.2 Å². The highest BCUT2D eigenvalue weighted by Gasteiger charge is 2.00. The van der Waals surface area contributed by atoms with Gasteiger partial charge in [0.05, 0.1) is 9.67 Å². The summed E-state index contributed by atoms with van der Waals surface area (Å²) < 4.78 is 6.75. The molecule has 1 unspecified atom stereocenters. The third kappa shape index (κ3) is 7.08. The molecule has 1 aromatic carbocycles. The fourth-order valence-electron chi connectivity index (χ4n) is 1.27. The van der Waals surface area contributed by atoms with Gasteiger partial charge >= 0.3 is 0 Å². The third-order valence-corrected chi connectivity index (χ3v) is 2.91. The Hall–Kier alpha value is -0.0400. The van der Waals surface area contributed by atoms with E-state index in [9.17, 15) is 0 Å². The average molecular weight is 372 g/mol. The van der Waals surface area contributed by atoms with E-state index in [1.165, 1.54) is 5.56 Å². The fraction of sp³-hybridized carbons (Fsp3) is 0.500. The summed E-state index contributed by atoms with van der Waals surface area (Å²) in [5, 5.41) is 12.1. The zero-order valence-corrected chi connectivity index (χ0v) is 13.0. The van der Waals surface area contributed by atoms with Crippen molar-refractivity contribution in [1.82, 2.24) is 5.32 Å². The Morgan fingerprint density at radius 3 is 2.76 bits per heavy atom. The molecule has 0 saturated heterocycles. The lowest BCUT2D eigenvalue weighted by Gasteiger charge is -2.10. The minimum absolute atomic E-state index is 0. The molecule has 1 aromatic rings. The van der Waals surface area contributed by atoms with Gasteiger partial charge in [-0.15, -0.1) is 12.4 Å². The summed E-state index contributed by atoms with van der Waals surface area (Å²) in [4.78, 5) is 0. The first-order valence-corrected chi connectivity index (χ1v) is 6.45. The van der Waals surface area contributed by atoms with Gasteiger partial charge in [-0.25, -0.2) is 0 Å². The molecule has 5 heteroatoms. The number of aryl methyl sites for hydroxylation is 1. The molecule has 0 amide bonds. The first kappa shape index (κ1) is 17.0. The molecule has 0 aliphatic rings. The van der Waals surface area contributed by atoms with Crippen LogP contribution >= 0.6 is 35.0 Å². The quantitative estimate of drug-likeness (QED) is 0.596. The summed E-state index contributed by atoms with van der Waals surface area (Å²) in [6, 6.07) is 6.13. The van der Waals surface area contributed by atoms with Gasteiger partial charge in [-0.3, -0.25) is 0 Å². The van der Waals surface area contributed by atoms with Crippen molar-refractivity contribution in [2.75, 3.05) is 19.7 Å². The highest BCUT2D eigenvalue weighted by Crippen LogP contribution is 2.21. The van der Waals surface area contributed by atoms with E-state index < -0.39 is 0 Å². The van der Waals surface area contributed by atoms with Gasteiger partial charge < -0.3 is 15.2 Å². The molecule has 0 fully saturated rings. The fourth-order valence-corrected chi connectivity index (χ4v) is 2.09. The molecule has 1 atom stereocenters. The van der Waals surface area contributed by atoms with Crippen molar-refractivity contribution >= 4 is 35.0 Å². The second-order valence-corrected chi connectivity index (χ2v) is 5.00.